The number of nitrogens with zero attached hydrogens (tertiary/aromatic N) is 2. The van der Waals surface area contributed by atoms with Crippen molar-refractivity contribution in [3.63, 3.8) is 0 Å². The topological polar surface area (TPSA) is 45.2 Å². The first-order chi connectivity index (χ1) is 12.6. The second-order valence-corrected chi connectivity index (χ2v) is 8.60. The third-order valence-corrected chi connectivity index (χ3v) is 6.50. The van der Waals surface area contributed by atoms with E-state index in [9.17, 15) is 4.79 Å². The number of benzene rings is 2. The molecule has 3 aromatic rings. The first kappa shape index (κ1) is 17.6. The van der Waals surface area contributed by atoms with Crippen LogP contribution in [0.25, 0.3) is 10.2 Å². The monoisotopic (exact) mass is 429 g/mol. The molecule has 0 saturated carbocycles. The normalized spacial score (nSPS) is 17.7. The van der Waals surface area contributed by atoms with Crippen LogP contribution < -0.4 is 5.32 Å². The number of carbonyl (C=O) groups is 1. The number of hydrogen-bond acceptors (Lipinski definition) is 4. The average Bonchev–Trinajstić information content (AvgIpc) is 3.23. The maximum atomic E-state index is 12.6. The van der Waals surface area contributed by atoms with Gasteiger partial charge in [0.05, 0.1) is 28.5 Å². The number of aromatic nitrogens is 1. The molecule has 4 rings (SSSR count). The zero-order chi connectivity index (χ0) is 18.1. The van der Waals surface area contributed by atoms with Gasteiger partial charge in [0, 0.05) is 4.47 Å². The van der Waals surface area contributed by atoms with Gasteiger partial charge in [-0.25, -0.2) is 4.98 Å². The molecule has 26 heavy (non-hydrogen) atoms. The van der Waals surface area contributed by atoms with Crippen LogP contribution in [0.4, 0.5) is 5.69 Å². The zero-order valence-corrected chi connectivity index (χ0v) is 16.9. The summed E-state index contributed by atoms with van der Waals surface area (Å²) in [5, 5.41) is 4.14. The highest BCUT2D eigenvalue weighted by molar-refractivity contribution is 9.10. The minimum absolute atomic E-state index is 0.0163. The number of amides is 1. The Hall–Kier alpha value is -1.76. The molecule has 6 heteroatoms. The number of halogens is 1. The Labute approximate surface area is 165 Å². The Morgan fingerprint density at radius 3 is 3.00 bits per heavy atom. The molecule has 1 unspecified atom stereocenters. The van der Waals surface area contributed by atoms with Crippen molar-refractivity contribution in [1.82, 2.24) is 9.88 Å². The van der Waals surface area contributed by atoms with Gasteiger partial charge in [-0.1, -0.05) is 18.2 Å². The van der Waals surface area contributed by atoms with Crippen molar-refractivity contribution in [2.75, 3.05) is 18.4 Å². The van der Waals surface area contributed by atoms with E-state index in [-0.39, 0.29) is 11.9 Å². The molecule has 1 saturated heterocycles. The Balaban J connectivity index is 1.47. The summed E-state index contributed by atoms with van der Waals surface area (Å²) in [5.41, 5.74) is 3.02. The molecule has 1 aliphatic rings. The lowest BCUT2D eigenvalue weighted by atomic mass is 10.2. The van der Waals surface area contributed by atoms with Gasteiger partial charge in [0.2, 0.25) is 5.91 Å². The summed E-state index contributed by atoms with van der Waals surface area (Å²) in [6.07, 6.45) is 2.16. The summed E-state index contributed by atoms with van der Waals surface area (Å²) < 4.78 is 2.12. The van der Waals surface area contributed by atoms with Gasteiger partial charge in [-0.15, -0.1) is 11.3 Å². The number of rotatable bonds is 4. The molecule has 1 atom stereocenters. The van der Waals surface area contributed by atoms with E-state index in [1.54, 1.807) is 11.3 Å². The van der Waals surface area contributed by atoms with Crippen LogP contribution in [0.1, 0.15) is 29.5 Å². The molecular formula is C20H20BrN3OS. The lowest BCUT2D eigenvalue weighted by molar-refractivity contribution is -0.117. The fraction of sp³-hybridized carbons (Fsp3) is 0.300. The molecule has 4 nitrogen and oxygen atoms in total. The van der Waals surface area contributed by atoms with Gasteiger partial charge >= 0.3 is 0 Å². The number of likely N-dealkylation sites (tertiary alicyclic amines) is 1. The van der Waals surface area contributed by atoms with E-state index in [2.05, 4.69) is 38.3 Å². The van der Waals surface area contributed by atoms with Crippen LogP contribution in [0.2, 0.25) is 0 Å². The van der Waals surface area contributed by atoms with E-state index in [1.807, 2.05) is 37.3 Å². The maximum Gasteiger partial charge on any atom is 0.238 e. The van der Waals surface area contributed by atoms with E-state index in [0.29, 0.717) is 6.54 Å². The molecule has 1 fully saturated rings. The number of hydrogen-bond donors (Lipinski definition) is 1. The standard InChI is InChI=1S/C20H20BrN3OS/c1-13-8-9-15(14(21)11-13)22-19(25)12-24-10-4-6-17(24)20-23-16-5-2-3-7-18(16)26-20/h2-3,5,7-9,11,17H,4,6,10,12H2,1H3,(H,22,25). The molecule has 2 aromatic carbocycles. The van der Waals surface area contributed by atoms with E-state index in [1.165, 1.54) is 4.70 Å². The second-order valence-electron chi connectivity index (χ2n) is 6.68. The molecule has 1 aromatic heterocycles. The Morgan fingerprint density at radius 2 is 2.19 bits per heavy atom. The number of fused-ring (bicyclic) bond motifs is 1. The van der Waals surface area contributed by atoms with Gasteiger partial charge in [0.15, 0.2) is 0 Å². The van der Waals surface area contributed by atoms with Crippen LogP contribution in [0.3, 0.4) is 0 Å². The third-order valence-electron chi connectivity index (χ3n) is 4.70. The van der Waals surface area contributed by atoms with Crippen LogP contribution in [-0.4, -0.2) is 28.9 Å². The Morgan fingerprint density at radius 1 is 1.35 bits per heavy atom. The first-order valence-corrected chi connectivity index (χ1v) is 10.4. The highest BCUT2D eigenvalue weighted by Gasteiger charge is 2.30. The molecule has 0 aliphatic carbocycles. The number of nitrogens with one attached hydrogen (secondary N) is 1. The van der Waals surface area contributed by atoms with E-state index in [0.717, 1.165) is 45.6 Å². The fourth-order valence-corrected chi connectivity index (χ4v) is 5.15. The highest BCUT2D eigenvalue weighted by atomic mass is 79.9. The predicted octanol–water partition coefficient (Wildman–Crippen LogP) is 5.14. The third kappa shape index (κ3) is 3.68. The fourth-order valence-electron chi connectivity index (χ4n) is 3.42. The van der Waals surface area contributed by atoms with Gasteiger partial charge in [-0.3, -0.25) is 9.69 Å². The number of aryl methyl sites for hydroxylation is 1. The lowest BCUT2D eigenvalue weighted by Gasteiger charge is -2.22. The number of para-hydroxylation sites is 1. The molecule has 0 spiro atoms. The molecule has 0 radical (unpaired) electrons. The zero-order valence-electron chi connectivity index (χ0n) is 14.5. The number of thiazole rings is 1. The molecule has 134 valence electrons. The molecule has 1 aliphatic heterocycles. The van der Waals surface area contributed by atoms with Crippen molar-refractivity contribution < 1.29 is 4.79 Å². The van der Waals surface area contributed by atoms with Crippen LogP contribution in [-0.2, 0) is 4.79 Å². The van der Waals surface area contributed by atoms with Gasteiger partial charge < -0.3 is 5.32 Å². The summed E-state index contributed by atoms with van der Waals surface area (Å²) in [4.78, 5) is 19.6. The minimum atomic E-state index is 0.0163. The van der Waals surface area contributed by atoms with E-state index in [4.69, 9.17) is 4.98 Å². The van der Waals surface area contributed by atoms with Crippen LogP contribution >= 0.6 is 27.3 Å². The van der Waals surface area contributed by atoms with Crippen molar-refractivity contribution in [1.29, 1.82) is 0 Å². The van der Waals surface area contributed by atoms with Crippen molar-refractivity contribution in [3.05, 3.63) is 57.5 Å². The average molecular weight is 430 g/mol. The van der Waals surface area contributed by atoms with Gasteiger partial charge in [-0.2, -0.15) is 0 Å². The van der Waals surface area contributed by atoms with E-state index < -0.39 is 0 Å². The maximum absolute atomic E-state index is 12.6. The lowest BCUT2D eigenvalue weighted by Crippen LogP contribution is -2.33. The van der Waals surface area contributed by atoms with Crippen molar-refractivity contribution in [2.45, 2.75) is 25.8 Å². The Kier molecular flexibility index (Phi) is 5.07. The highest BCUT2D eigenvalue weighted by Crippen LogP contribution is 2.36. The quantitative estimate of drug-likeness (QED) is 0.623. The van der Waals surface area contributed by atoms with Crippen LogP contribution in [0.15, 0.2) is 46.9 Å². The predicted molar refractivity (Wildman–Crippen MR) is 111 cm³/mol. The summed E-state index contributed by atoms with van der Waals surface area (Å²) in [7, 11) is 0. The second kappa shape index (κ2) is 7.47. The summed E-state index contributed by atoms with van der Waals surface area (Å²) in [6, 6.07) is 14.4. The van der Waals surface area contributed by atoms with E-state index >= 15 is 0 Å². The first-order valence-electron chi connectivity index (χ1n) is 8.76. The molecular weight excluding hydrogens is 410 g/mol. The molecule has 2 heterocycles. The van der Waals surface area contributed by atoms with Crippen LogP contribution in [0.5, 0.6) is 0 Å². The van der Waals surface area contributed by atoms with Crippen LogP contribution in [0, 0.1) is 6.92 Å². The molecule has 1 N–H and O–H groups in total. The minimum Gasteiger partial charge on any atom is -0.324 e. The smallest absolute Gasteiger partial charge is 0.238 e. The van der Waals surface area contributed by atoms with Gasteiger partial charge in [0.25, 0.3) is 0 Å². The molecule has 0 bridgehead atoms. The van der Waals surface area contributed by atoms with Crippen molar-refractivity contribution >= 4 is 49.1 Å². The number of anilines is 1. The Bertz CT molecular complexity index is 922. The molecule has 1 amide bonds. The summed E-state index contributed by atoms with van der Waals surface area (Å²) in [6.45, 7) is 3.35. The number of carbonyl (C=O) groups excluding carboxylic acids is 1. The van der Waals surface area contributed by atoms with Crippen molar-refractivity contribution in [2.24, 2.45) is 0 Å². The SMILES string of the molecule is Cc1ccc(NC(=O)CN2CCCC2c2nc3ccccc3s2)c(Br)c1. The summed E-state index contributed by atoms with van der Waals surface area (Å²) in [5.74, 6) is 0.0163. The van der Waals surface area contributed by atoms with Gasteiger partial charge in [0.1, 0.15) is 5.01 Å². The summed E-state index contributed by atoms with van der Waals surface area (Å²) >= 11 is 5.26. The van der Waals surface area contributed by atoms with Crippen molar-refractivity contribution in [3.8, 4) is 0 Å². The largest absolute Gasteiger partial charge is 0.324 e. The van der Waals surface area contributed by atoms with Gasteiger partial charge in [-0.05, 0) is 72.1 Å².